The summed E-state index contributed by atoms with van der Waals surface area (Å²) in [5.41, 5.74) is 0.772. The molecule has 0 atom stereocenters. The van der Waals surface area contributed by atoms with Gasteiger partial charge in [0.05, 0.1) is 19.3 Å². The quantitative estimate of drug-likeness (QED) is 0.575. The molecule has 0 aliphatic heterocycles. The molecular formula is C13H14O3. The van der Waals surface area contributed by atoms with Crippen molar-refractivity contribution in [2.24, 2.45) is 0 Å². The van der Waals surface area contributed by atoms with Gasteiger partial charge in [-0.05, 0) is 19.1 Å². The summed E-state index contributed by atoms with van der Waals surface area (Å²) in [4.78, 5) is 11.0. The normalized spacial score (nSPS) is 8.88. The van der Waals surface area contributed by atoms with E-state index in [1.165, 1.54) is 0 Å². The van der Waals surface area contributed by atoms with Crippen LogP contribution in [0.1, 0.15) is 18.9 Å². The third-order valence-corrected chi connectivity index (χ3v) is 1.87. The number of carbonyl (C=O) groups is 1. The van der Waals surface area contributed by atoms with Crippen LogP contribution in [-0.4, -0.2) is 19.7 Å². The standard InChI is InChI=1S/C13H14O3/c1-3-16-13(14)10-6-8-11-7-4-5-9-12(11)15-2/h4-5,7,9H,3,10H2,1-2H3. The van der Waals surface area contributed by atoms with Crippen LogP contribution in [0, 0.1) is 11.8 Å². The van der Waals surface area contributed by atoms with Gasteiger partial charge in [-0.15, -0.1) is 0 Å². The Morgan fingerprint density at radius 3 is 2.81 bits per heavy atom. The molecule has 0 bridgehead atoms. The first-order valence-corrected chi connectivity index (χ1v) is 5.05. The largest absolute Gasteiger partial charge is 0.495 e. The first-order chi connectivity index (χ1) is 7.77. The number of hydrogen-bond acceptors (Lipinski definition) is 3. The second-order valence-corrected chi connectivity index (χ2v) is 2.98. The number of esters is 1. The van der Waals surface area contributed by atoms with Gasteiger partial charge in [0, 0.05) is 0 Å². The Labute approximate surface area is 95.4 Å². The minimum atomic E-state index is -0.301. The Kier molecular flexibility index (Phi) is 4.94. The maximum Gasteiger partial charge on any atom is 0.317 e. The first kappa shape index (κ1) is 12.1. The van der Waals surface area contributed by atoms with Crippen LogP contribution < -0.4 is 4.74 Å². The molecule has 0 radical (unpaired) electrons. The smallest absolute Gasteiger partial charge is 0.317 e. The molecule has 0 fully saturated rings. The Hall–Kier alpha value is -1.95. The van der Waals surface area contributed by atoms with E-state index in [9.17, 15) is 4.79 Å². The van der Waals surface area contributed by atoms with Gasteiger partial charge in [-0.3, -0.25) is 4.79 Å². The molecule has 0 saturated heterocycles. The zero-order valence-electron chi connectivity index (χ0n) is 9.45. The number of ether oxygens (including phenoxy) is 2. The lowest BCUT2D eigenvalue weighted by atomic mass is 10.2. The fourth-order valence-corrected chi connectivity index (χ4v) is 1.17. The minimum Gasteiger partial charge on any atom is -0.495 e. The van der Waals surface area contributed by atoms with E-state index >= 15 is 0 Å². The molecule has 0 aliphatic rings. The summed E-state index contributed by atoms with van der Waals surface area (Å²) in [6.45, 7) is 2.15. The predicted octanol–water partition coefficient (Wildman–Crippen LogP) is 2.00. The molecule has 3 heteroatoms. The van der Waals surface area contributed by atoms with Gasteiger partial charge in [-0.1, -0.05) is 24.0 Å². The molecule has 1 aromatic rings. The zero-order chi connectivity index (χ0) is 11.8. The molecule has 0 aromatic heterocycles. The molecule has 84 valence electrons. The third kappa shape index (κ3) is 3.66. The fourth-order valence-electron chi connectivity index (χ4n) is 1.17. The summed E-state index contributed by atoms with van der Waals surface area (Å²) in [6.07, 6.45) is 0.103. The molecule has 0 N–H and O–H groups in total. The second-order valence-electron chi connectivity index (χ2n) is 2.98. The number of rotatable bonds is 3. The predicted molar refractivity (Wildman–Crippen MR) is 61.1 cm³/mol. The average Bonchev–Trinajstić information content (AvgIpc) is 2.30. The van der Waals surface area contributed by atoms with Gasteiger partial charge in [0.1, 0.15) is 12.2 Å². The zero-order valence-corrected chi connectivity index (χ0v) is 9.45. The van der Waals surface area contributed by atoms with Crippen molar-refractivity contribution >= 4 is 5.97 Å². The van der Waals surface area contributed by atoms with Gasteiger partial charge < -0.3 is 9.47 Å². The van der Waals surface area contributed by atoms with Crippen molar-refractivity contribution in [2.75, 3.05) is 13.7 Å². The molecule has 16 heavy (non-hydrogen) atoms. The monoisotopic (exact) mass is 218 g/mol. The van der Waals surface area contributed by atoms with Crippen molar-refractivity contribution in [3.05, 3.63) is 29.8 Å². The highest BCUT2D eigenvalue weighted by Crippen LogP contribution is 2.15. The molecule has 1 rings (SSSR count). The number of methoxy groups -OCH3 is 1. The first-order valence-electron chi connectivity index (χ1n) is 5.05. The van der Waals surface area contributed by atoms with Crippen molar-refractivity contribution < 1.29 is 14.3 Å². The van der Waals surface area contributed by atoms with Crippen LogP contribution in [-0.2, 0) is 9.53 Å². The summed E-state index contributed by atoms with van der Waals surface area (Å²) in [5.74, 6) is 6.04. The molecule has 3 nitrogen and oxygen atoms in total. The minimum absolute atomic E-state index is 0.103. The van der Waals surface area contributed by atoms with E-state index in [2.05, 4.69) is 11.8 Å². The number of hydrogen-bond donors (Lipinski definition) is 0. The van der Waals surface area contributed by atoms with Crippen LogP contribution in [0.5, 0.6) is 5.75 Å². The Bertz CT molecular complexity index is 413. The number of carbonyl (C=O) groups excluding carboxylic acids is 1. The highest BCUT2D eigenvalue weighted by Gasteiger charge is 1.98. The van der Waals surface area contributed by atoms with Gasteiger partial charge in [0.2, 0.25) is 0 Å². The summed E-state index contributed by atoms with van der Waals surface area (Å²) >= 11 is 0. The molecule has 0 unspecified atom stereocenters. The second kappa shape index (κ2) is 6.52. The van der Waals surface area contributed by atoms with Gasteiger partial charge in [-0.25, -0.2) is 0 Å². The molecular weight excluding hydrogens is 204 g/mol. The van der Waals surface area contributed by atoms with Crippen molar-refractivity contribution in [3.63, 3.8) is 0 Å². The fraction of sp³-hybridized carbons (Fsp3) is 0.308. The number of para-hydroxylation sites is 1. The summed E-state index contributed by atoms with van der Waals surface area (Å²) < 4.78 is 9.90. The Balaban J connectivity index is 2.66. The van der Waals surface area contributed by atoms with E-state index in [1.54, 1.807) is 14.0 Å². The molecule has 0 spiro atoms. The SMILES string of the molecule is CCOC(=O)CC#Cc1ccccc1OC. The number of benzene rings is 1. The van der Waals surface area contributed by atoms with Crippen LogP contribution in [0.15, 0.2) is 24.3 Å². The molecule has 0 saturated carbocycles. The van der Waals surface area contributed by atoms with E-state index in [0.717, 1.165) is 5.56 Å². The third-order valence-electron chi connectivity index (χ3n) is 1.87. The Morgan fingerprint density at radius 1 is 1.38 bits per heavy atom. The highest BCUT2D eigenvalue weighted by molar-refractivity contribution is 5.72. The lowest BCUT2D eigenvalue weighted by Gasteiger charge is -2.00. The van der Waals surface area contributed by atoms with Crippen LogP contribution in [0.2, 0.25) is 0 Å². The van der Waals surface area contributed by atoms with E-state index in [4.69, 9.17) is 9.47 Å². The van der Waals surface area contributed by atoms with Crippen molar-refractivity contribution in [3.8, 4) is 17.6 Å². The van der Waals surface area contributed by atoms with E-state index in [-0.39, 0.29) is 12.4 Å². The van der Waals surface area contributed by atoms with Crippen molar-refractivity contribution in [1.82, 2.24) is 0 Å². The van der Waals surface area contributed by atoms with Gasteiger partial charge in [-0.2, -0.15) is 0 Å². The van der Waals surface area contributed by atoms with Gasteiger partial charge in [0.15, 0.2) is 0 Å². The maximum atomic E-state index is 11.0. The molecule has 1 aromatic carbocycles. The topological polar surface area (TPSA) is 35.5 Å². The van der Waals surface area contributed by atoms with Crippen LogP contribution in [0.25, 0.3) is 0 Å². The summed E-state index contributed by atoms with van der Waals surface area (Å²) in [6, 6.07) is 7.41. The molecule has 0 amide bonds. The van der Waals surface area contributed by atoms with E-state index < -0.39 is 0 Å². The summed E-state index contributed by atoms with van der Waals surface area (Å²) in [5, 5.41) is 0. The molecule has 0 heterocycles. The van der Waals surface area contributed by atoms with Crippen molar-refractivity contribution in [2.45, 2.75) is 13.3 Å². The highest BCUT2D eigenvalue weighted by atomic mass is 16.5. The lowest BCUT2D eigenvalue weighted by molar-refractivity contribution is -0.141. The van der Waals surface area contributed by atoms with E-state index in [0.29, 0.717) is 12.4 Å². The Morgan fingerprint density at radius 2 is 2.12 bits per heavy atom. The van der Waals surface area contributed by atoms with Crippen LogP contribution in [0.3, 0.4) is 0 Å². The van der Waals surface area contributed by atoms with Gasteiger partial charge >= 0.3 is 5.97 Å². The van der Waals surface area contributed by atoms with Crippen molar-refractivity contribution in [1.29, 1.82) is 0 Å². The van der Waals surface area contributed by atoms with E-state index in [1.807, 2.05) is 24.3 Å². The van der Waals surface area contributed by atoms with Crippen LogP contribution >= 0.6 is 0 Å². The maximum absolute atomic E-state index is 11.0. The van der Waals surface area contributed by atoms with Gasteiger partial charge in [0.25, 0.3) is 0 Å². The molecule has 0 aliphatic carbocycles. The van der Waals surface area contributed by atoms with Crippen LogP contribution in [0.4, 0.5) is 0 Å². The summed E-state index contributed by atoms with van der Waals surface area (Å²) in [7, 11) is 1.59. The average molecular weight is 218 g/mol. The lowest BCUT2D eigenvalue weighted by Crippen LogP contribution is -2.01.